The molecule has 1 atom stereocenters. The minimum atomic E-state index is -0.246. The van der Waals surface area contributed by atoms with E-state index in [0.717, 1.165) is 29.3 Å². The van der Waals surface area contributed by atoms with Gasteiger partial charge >= 0.3 is 0 Å². The van der Waals surface area contributed by atoms with Crippen molar-refractivity contribution in [3.05, 3.63) is 39.7 Å². The van der Waals surface area contributed by atoms with Gasteiger partial charge in [0.2, 0.25) is 0 Å². The molecule has 0 amide bonds. The Morgan fingerprint density at radius 2 is 1.88 bits per heavy atom. The van der Waals surface area contributed by atoms with E-state index in [1.807, 2.05) is 11.6 Å². The van der Waals surface area contributed by atoms with E-state index in [1.54, 1.807) is 6.07 Å². The highest BCUT2D eigenvalue weighted by Crippen LogP contribution is 2.46. The lowest BCUT2D eigenvalue weighted by Gasteiger charge is -2.23. The van der Waals surface area contributed by atoms with Crippen LogP contribution in [0.15, 0.2) is 28.0 Å². The molecular weight excluding hydrogens is 350 g/mol. The van der Waals surface area contributed by atoms with Crippen molar-refractivity contribution < 1.29 is 10.2 Å². The van der Waals surface area contributed by atoms with Gasteiger partial charge in [0.25, 0.3) is 5.56 Å². The third-order valence-corrected chi connectivity index (χ3v) is 6.42. The highest BCUT2D eigenvalue weighted by atomic mass is 32.2. The number of fused-ring (bicyclic) bond motifs is 1. The predicted octanol–water partition coefficient (Wildman–Crippen LogP) is 4.37. The standard InChI is InChI=1S/C19H23N3O3S/c1-11-20-18-16(17(26-11)12-8-9-14(23)15(24)10-12)19(25)21-22(18)13-6-4-2-3-5-7-13/h8-10,13,17,23-24H,2-7H2,1H3,(H,21,25)/t17-/m0/s1. The summed E-state index contributed by atoms with van der Waals surface area (Å²) in [6, 6.07) is 5.01. The van der Waals surface area contributed by atoms with Gasteiger partial charge < -0.3 is 10.2 Å². The van der Waals surface area contributed by atoms with Gasteiger partial charge in [-0.15, -0.1) is 0 Å². The summed E-state index contributed by atoms with van der Waals surface area (Å²) in [7, 11) is 0. The van der Waals surface area contributed by atoms with E-state index < -0.39 is 0 Å². The van der Waals surface area contributed by atoms with E-state index in [9.17, 15) is 15.0 Å². The lowest BCUT2D eigenvalue weighted by atomic mass is 10.0. The first-order valence-corrected chi connectivity index (χ1v) is 10.0. The first-order valence-electron chi connectivity index (χ1n) is 9.13. The fraction of sp³-hybridized carbons (Fsp3) is 0.474. The van der Waals surface area contributed by atoms with Crippen LogP contribution in [0.5, 0.6) is 11.5 Å². The number of benzene rings is 1. The maximum absolute atomic E-state index is 12.8. The molecule has 2 aromatic rings. The van der Waals surface area contributed by atoms with Gasteiger partial charge in [-0.3, -0.25) is 14.6 Å². The molecule has 0 bridgehead atoms. The summed E-state index contributed by atoms with van der Waals surface area (Å²) in [4.78, 5) is 17.5. The first kappa shape index (κ1) is 17.3. The van der Waals surface area contributed by atoms with Crippen molar-refractivity contribution >= 4 is 22.6 Å². The summed E-state index contributed by atoms with van der Waals surface area (Å²) in [5.41, 5.74) is 1.30. The monoisotopic (exact) mass is 373 g/mol. The second-order valence-corrected chi connectivity index (χ2v) is 8.37. The molecule has 1 fully saturated rings. The van der Waals surface area contributed by atoms with Crippen molar-refractivity contribution in [3.8, 4) is 11.5 Å². The smallest absolute Gasteiger partial charge is 0.271 e. The molecule has 1 aliphatic carbocycles. The lowest BCUT2D eigenvalue weighted by molar-refractivity contribution is 0.403. The van der Waals surface area contributed by atoms with Crippen molar-refractivity contribution in [1.82, 2.24) is 9.78 Å². The van der Waals surface area contributed by atoms with Gasteiger partial charge in [0.1, 0.15) is 0 Å². The number of rotatable bonds is 2. The van der Waals surface area contributed by atoms with Crippen LogP contribution in [0.25, 0.3) is 0 Å². The lowest BCUT2D eigenvalue weighted by Crippen LogP contribution is -2.13. The van der Waals surface area contributed by atoms with Crippen molar-refractivity contribution in [2.24, 2.45) is 4.99 Å². The van der Waals surface area contributed by atoms with Crippen molar-refractivity contribution in [2.45, 2.75) is 56.7 Å². The van der Waals surface area contributed by atoms with Gasteiger partial charge in [-0.1, -0.05) is 43.5 Å². The number of thioether (sulfide) groups is 1. The van der Waals surface area contributed by atoms with Crippen LogP contribution in [0.1, 0.15) is 67.9 Å². The predicted molar refractivity (Wildman–Crippen MR) is 104 cm³/mol. The molecule has 0 saturated heterocycles. The molecule has 26 heavy (non-hydrogen) atoms. The number of nitrogens with zero attached hydrogens (tertiary/aromatic N) is 2. The first-order chi connectivity index (χ1) is 12.5. The topological polar surface area (TPSA) is 90.6 Å². The SMILES string of the molecule is CC1=Nc2c(c(=O)[nH]n2C2CCCCCC2)[C@H](c2ccc(O)c(O)c2)S1. The summed E-state index contributed by atoms with van der Waals surface area (Å²) in [5.74, 6) is 0.380. The van der Waals surface area contributed by atoms with Gasteiger partial charge in [-0.05, 0) is 37.5 Å². The minimum absolute atomic E-state index is 0.120. The van der Waals surface area contributed by atoms with Crippen LogP contribution in [0.4, 0.5) is 5.82 Å². The Labute approximate surface area is 156 Å². The third-order valence-electron chi connectivity index (χ3n) is 5.24. The van der Waals surface area contributed by atoms with E-state index >= 15 is 0 Å². The Morgan fingerprint density at radius 3 is 2.58 bits per heavy atom. The third kappa shape index (κ3) is 3.05. The molecule has 1 aromatic carbocycles. The fourth-order valence-corrected chi connectivity index (χ4v) is 5.02. The zero-order chi connectivity index (χ0) is 18.3. The van der Waals surface area contributed by atoms with E-state index in [1.165, 1.54) is 49.6 Å². The molecule has 7 heteroatoms. The Kier molecular flexibility index (Phi) is 4.56. The van der Waals surface area contributed by atoms with Crippen LogP contribution in [0.2, 0.25) is 0 Å². The van der Waals surface area contributed by atoms with Crippen LogP contribution in [0.3, 0.4) is 0 Å². The molecule has 0 unspecified atom stereocenters. The highest BCUT2D eigenvalue weighted by Gasteiger charge is 2.32. The van der Waals surface area contributed by atoms with Crippen molar-refractivity contribution in [2.75, 3.05) is 0 Å². The number of hydrogen-bond donors (Lipinski definition) is 3. The second kappa shape index (κ2) is 6.87. The molecule has 1 aromatic heterocycles. The summed E-state index contributed by atoms with van der Waals surface area (Å²) < 4.78 is 1.97. The quantitative estimate of drug-likeness (QED) is 0.538. The second-order valence-electron chi connectivity index (χ2n) is 7.07. The maximum Gasteiger partial charge on any atom is 0.271 e. The summed E-state index contributed by atoms with van der Waals surface area (Å²) in [6.07, 6.45) is 6.96. The van der Waals surface area contributed by atoms with Gasteiger partial charge in [0.05, 0.1) is 21.9 Å². The van der Waals surface area contributed by atoms with E-state index in [2.05, 4.69) is 10.1 Å². The molecule has 0 radical (unpaired) electrons. The van der Waals surface area contributed by atoms with Crippen LogP contribution in [-0.4, -0.2) is 25.0 Å². The molecule has 6 nitrogen and oxygen atoms in total. The Balaban J connectivity index is 1.80. The summed E-state index contributed by atoms with van der Waals surface area (Å²) in [6.45, 7) is 1.94. The van der Waals surface area contributed by atoms with Crippen molar-refractivity contribution in [1.29, 1.82) is 0 Å². The number of hydrogen-bond acceptors (Lipinski definition) is 5. The average Bonchev–Trinajstić information content (AvgIpc) is 2.80. The van der Waals surface area contributed by atoms with Gasteiger partial charge in [0.15, 0.2) is 17.3 Å². The largest absolute Gasteiger partial charge is 0.504 e. The molecule has 1 saturated carbocycles. The zero-order valence-corrected chi connectivity index (χ0v) is 15.6. The Bertz CT molecular complexity index is 907. The minimum Gasteiger partial charge on any atom is -0.504 e. The number of aromatic amines is 1. The molecule has 138 valence electrons. The van der Waals surface area contributed by atoms with E-state index in [0.29, 0.717) is 5.56 Å². The number of nitrogens with one attached hydrogen (secondary N) is 1. The van der Waals surface area contributed by atoms with Gasteiger partial charge in [-0.25, -0.2) is 4.99 Å². The number of H-pyrrole nitrogens is 1. The van der Waals surface area contributed by atoms with Crippen molar-refractivity contribution in [3.63, 3.8) is 0 Å². The molecule has 3 N–H and O–H groups in total. The molecule has 4 rings (SSSR count). The van der Waals surface area contributed by atoms with Gasteiger partial charge in [-0.2, -0.15) is 0 Å². The Hall–Kier alpha value is -2.15. The molecule has 1 aliphatic heterocycles. The summed E-state index contributed by atoms with van der Waals surface area (Å²) in [5, 5.41) is 23.1. The van der Waals surface area contributed by atoms with Crippen LogP contribution < -0.4 is 5.56 Å². The average molecular weight is 373 g/mol. The van der Waals surface area contributed by atoms with Crippen LogP contribution in [0, 0.1) is 0 Å². The number of phenols is 2. The highest BCUT2D eigenvalue weighted by molar-refractivity contribution is 8.14. The normalized spacial score (nSPS) is 21.1. The zero-order valence-electron chi connectivity index (χ0n) is 14.7. The molecule has 2 aliphatic rings. The van der Waals surface area contributed by atoms with E-state index in [-0.39, 0.29) is 28.4 Å². The fourth-order valence-electron chi connectivity index (χ4n) is 3.93. The molecule has 2 heterocycles. The maximum atomic E-state index is 12.8. The van der Waals surface area contributed by atoms with Crippen LogP contribution in [-0.2, 0) is 0 Å². The number of aromatic nitrogens is 2. The van der Waals surface area contributed by atoms with Gasteiger partial charge in [0, 0.05) is 0 Å². The number of phenolic OH excluding ortho intramolecular Hbond substituents is 2. The van der Waals surface area contributed by atoms with E-state index in [4.69, 9.17) is 0 Å². The Morgan fingerprint density at radius 1 is 1.15 bits per heavy atom. The molecular formula is C19H23N3O3S. The summed E-state index contributed by atoms with van der Waals surface area (Å²) >= 11 is 1.50. The molecule has 0 spiro atoms. The number of aliphatic imine (C=N–C) groups is 1. The number of aromatic hydroxyl groups is 2. The van der Waals surface area contributed by atoms with Crippen LogP contribution >= 0.6 is 11.8 Å².